The zero-order valence-corrected chi connectivity index (χ0v) is 16.5. The van der Waals surface area contributed by atoms with Crippen molar-refractivity contribution in [1.29, 1.82) is 0 Å². The molecule has 0 amide bonds. The number of hydrogen-bond acceptors (Lipinski definition) is 6. The van der Waals surface area contributed by atoms with Gasteiger partial charge in [-0.2, -0.15) is 4.98 Å². The summed E-state index contributed by atoms with van der Waals surface area (Å²) >= 11 is 6.32. The van der Waals surface area contributed by atoms with Crippen molar-refractivity contribution >= 4 is 36.4 Å². The fourth-order valence-corrected chi connectivity index (χ4v) is 3.25. The van der Waals surface area contributed by atoms with Crippen molar-refractivity contribution < 1.29 is 4.52 Å². The SMILES string of the molecule is CC(c1ccccc1Cl)N1CCN(Cc2noc(CN)n2)CC1.Cl.Cl. The van der Waals surface area contributed by atoms with Gasteiger partial charge in [-0.05, 0) is 18.6 Å². The first-order valence-electron chi connectivity index (χ1n) is 7.89. The monoisotopic (exact) mass is 407 g/mol. The molecule has 0 radical (unpaired) electrons. The highest BCUT2D eigenvalue weighted by Crippen LogP contribution is 2.27. The Bertz CT molecular complexity index is 646. The minimum absolute atomic E-state index is 0. The van der Waals surface area contributed by atoms with Crippen LogP contribution in [0.1, 0.15) is 30.2 Å². The normalized spacial score (nSPS) is 16.8. The van der Waals surface area contributed by atoms with Crippen molar-refractivity contribution in [2.75, 3.05) is 26.2 Å². The van der Waals surface area contributed by atoms with Crippen LogP contribution in [0.15, 0.2) is 28.8 Å². The summed E-state index contributed by atoms with van der Waals surface area (Å²) in [6.07, 6.45) is 0. The highest BCUT2D eigenvalue weighted by atomic mass is 35.5. The Morgan fingerprint density at radius 1 is 1.20 bits per heavy atom. The summed E-state index contributed by atoms with van der Waals surface area (Å²) in [6, 6.07) is 8.39. The van der Waals surface area contributed by atoms with E-state index < -0.39 is 0 Å². The molecule has 1 aliphatic rings. The lowest BCUT2D eigenvalue weighted by Crippen LogP contribution is -2.46. The lowest BCUT2D eigenvalue weighted by atomic mass is 10.1. The van der Waals surface area contributed by atoms with E-state index in [0.29, 0.717) is 24.3 Å². The number of halogens is 3. The Hall–Kier alpha value is -0.890. The molecule has 3 rings (SSSR count). The summed E-state index contributed by atoms with van der Waals surface area (Å²) < 4.78 is 5.05. The van der Waals surface area contributed by atoms with Crippen molar-refractivity contribution in [2.45, 2.75) is 26.1 Å². The van der Waals surface area contributed by atoms with Crippen LogP contribution < -0.4 is 5.73 Å². The lowest BCUT2D eigenvalue weighted by Gasteiger charge is -2.38. The number of aromatic nitrogens is 2. The predicted molar refractivity (Wildman–Crippen MR) is 103 cm³/mol. The van der Waals surface area contributed by atoms with Gasteiger partial charge in [-0.3, -0.25) is 9.80 Å². The maximum atomic E-state index is 6.32. The fraction of sp³-hybridized carbons (Fsp3) is 0.500. The molecule has 2 aromatic rings. The predicted octanol–water partition coefficient (Wildman–Crippen LogP) is 2.90. The maximum Gasteiger partial charge on any atom is 0.240 e. The number of hydrogen-bond donors (Lipinski definition) is 1. The average Bonchev–Trinajstić information content (AvgIpc) is 3.03. The van der Waals surface area contributed by atoms with Gasteiger partial charge in [0.2, 0.25) is 5.89 Å². The number of nitrogens with two attached hydrogens (primary N) is 1. The second-order valence-corrected chi connectivity index (χ2v) is 6.23. The van der Waals surface area contributed by atoms with E-state index in [9.17, 15) is 0 Å². The highest BCUT2D eigenvalue weighted by Gasteiger charge is 2.24. The zero-order chi connectivity index (χ0) is 16.2. The van der Waals surface area contributed by atoms with Gasteiger partial charge in [0.1, 0.15) is 0 Å². The van der Waals surface area contributed by atoms with Crippen molar-refractivity contribution in [1.82, 2.24) is 19.9 Å². The van der Waals surface area contributed by atoms with Gasteiger partial charge in [-0.25, -0.2) is 0 Å². The van der Waals surface area contributed by atoms with Gasteiger partial charge in [0, 0.05) is 37.2 Å². The Morgan fingerprint density at radius 3 is 2.48 bits per heavy atom. The highest BCUT2D eigenvalue weighted by molar-refractivity contribution is 6.31. The van der Waals surface area contributed by atoms with E-state index in [2.05, 4.69) is 32.9 Å². The van der Waals surface area contributed by atoms with Crippen LogP contribution in [0, 0.1) is 0 Å². The molecule has 9 heteroatoms. The van der Waals surface area contributed by atoms with Gasteiger partial charge in [0.25, 0.3) is 0 Å². The molecule has 0 spiro atoms. The molecular weight excluding hydrogens is 385 g/mol. The number of piperazine rings is 1. The Kier molecular flexibility index (Phi) is 9.13. The molecule has 1 aliphatic heterocycles. The van der Waals surface area contributed by atoms with Gasteiger partial charge in [0.05, 0.1) is 13.1 Å². The second kappa shape index (κ2) is 10.3. The van der Waals surface area contributed by atoms with Crippen molar-refractivity contribution in [3.63, 3.8) is 0 Å². The van der Waals surface area contributed by atoms with Crippen LogP contribution in [0.5, 0.6) is 0 Å². The summed E-state index contributed by atoms with van der Waals surface area (Å²) in [5, 5.41) is 4.79. The molecule has 6 nitrogen and oxygen atoms in total. The van der Waals surface area contributed by atoms with Gasteiger partial charge >= 0.3 is 0 Å². The van der Waals surface area contributed by atoms with Crippen LogP contribution in [-0.2, 0) is 13.1 Å². The van der Waals surface area contributed by atoms with Crippen LogP contribution in [0.4, 0.5) is 0 Å². The quantitative estimate of drug-likeness (QED) is 0.820. The third kappa shape index (κ3) is 5.54. The molecule has 25 heavy (non-hydrogen) atoms. The van der Waals surface area contributed by atoms with Gasteiger partial charge in [0.15, 0.2) is 5.82 Å². The topological polar surface area (TPSA) is 71.4 Å². The third-order valence-corrected chi connectivity index (χ3v) is 4.70. The molecule has 0 saturated carbocycles. The zero-order valence-electron chi connectivity index (χ0n) is 14.1. The molecule has 0 bridgehead atoms. The summed E-state index contributed by atoms with van der Waals surface area (Å²) in [5.74, 6) is 1.20. The summed E-state index contributed by atoms with van der Waals surface area (Å²) in [6.45, 7) is 7.14. The first-order valence-corrected chi connectivity index (χ1v) is 8.27. The van der Waals surface area contributed by atoms with E-state index in [4.69, 9.17) is 21.9 Å². The Labute approximate surface area is 165 Å². The Morgan fingerprint density at radius 2 is 1.88 bits per heavy atom. The Balaban J connectivity index is 0.00000156. The van der Waals surface area contributed by atoms with E-state index in [1.54, 1.807) is 0 Å². The van der Waals surface area contributed by atoms with Gasteiger partial charge in [-0.1, -0.05) is 35.0 Å². The van der Waals surface area contributed by atoms with Gasteiger partial charge in [-0.15, -0.1) is 24.8 Å². The molecule has 1 atom stereocenters. The number of rotatable bonds is 5. The molecule has 2 N–H and O–H groups in total. The molecule has 140 valence electrons. The van der Waals surface area contributed by atoms with Crippen LogP contribution in [0.25, 0.3) is 0 Å². The van der Waals surface area contributed by atoms with Crippen LogP contribution >= 0.6 is 36.4 Å². The smallest absolute Gasteiger partial charge is 0.240 e. The van der Waals surface area contributed by atoms with Crippen LogP contribution in [0.2, 0.25) is 5.02 Å². The first kappa shape index (κ1) is 22.2. The third-order valence-electron chi connectivity index (χ3n) is 4.36. The molecule has 2 heterocycles. The molecule has 0 aliphatic carbocycles. The lowest BCUT2D eigenvalue weighted by molar-refractivity contribution is 0.0957. The van der Waals surface area contributed by atoms with E-state index in [0.717, 1.165) is 31.2 Å². The van der Waals surface area contributed by atoms with Crippen LogP contribution in [0.3, 0.4) is 0 Å². The van der Waals surface area contributed by atoms with Crippen molar-refractivity contribution in [2.24, 2.45) is 5.73 Å². The molecule has 1 saturated heterocycles. The summed E-state index contributed by atoms with van der Waals surface area (Å²) in [4.78, 5) is 9.05. The molecule has 1 aromatic heterocycles. The minimum atomic E-state index is 0. The van der Waals surface area contributed by atoms with Crippen molar-refractivity contribution in [3.8, 4) is 0 Å². The average molecular weight is 409 g/mol. The summed E-state index contributed by atoms with van der Waals surface area (Å²) in [7, 11) is 0. The van der Waals surface area contributed by atoms with E-state index in [-0.39, 0.29) is 31.4 Å². The fourth-order valence-electron chi connectivity index (χ4n) is 2.96. The van der Waals surface area contributed by atoms with Crippen molar-refractivity contribution in [3.05, 3.63) is 46.6 Å². The summed E-state index contributed by atoms with van der Waals surface area (Å²) in [5.41, 5.74) is 6.68. The number of benzene rings is 1. The maximum absolute atomic E-state index is 6.32. The molecule has 1 fully saturated rings. The molecular formula is C16H24Cl3N5O. The second-order valence-electron chi connectivity index (χ2n) is 5.82. The minimum Gasteiger partial charge on any atom is -0.338 e. The first-order chi connectivity index (χ1) is 11.2. The van der Waals surface area contributed by atoms with E-state index in [1.807, 2.05) is 18.2 Å². The molecule has 1 unspecified atom stereocenters. The number of nitrogens with zero attached hydrogens (tertiary/aromatic N) is 4. The van der Waals surface area contributed by atoms with E-state index >= 15 is 0 Å². The van der Waals surface area contributed by atoms with Gasteiger partial charge < -0.3 is 10.3 Å². The van der Waals surface area contributed by atoms with Crippen LogP contribution in [-0.4, -0.2) is 46.1 Å². The largest absolute Gasteiger partial charge is 0.338 e. The van der Waals surface area contributed by atoms with E-state index in [1.165, 1.54) is 5.56 Å². The standard InChI is InChI=1S/C16H22ClN5O.2ClH/c1-12(13-4-2-3-5-14(13)17)22-8-6-21(7-9-22)11-15-19-16(10-18)23-20-15;;/h2-5,12H,6-11,18H2,1H3;2*1H. The molecule has 1 aromatic carbocycles.